The van der Waals surface area contributed by atoms with Crippen molar-refractivity contribution >= 4 is 28.0 Å². The average molecular weight is 404 g/mol. The molecule has 5 nitrogen and oxygen atoms in total. The molecule has 0 aliphatic carbocycles. The van der Waals surface area contributed by atoms with Crippen LogP contribution in [-0.4, -0.2) is 23.6 Å². The molecule has 0 aliphatic heterocycles. The summed E-state index contributed by atoms with van der Waals surface area (Å²) in [5.74, 6) is -0.236. The monoisotopic (exact) mass is 404 g/mol. The van der Waals surface area contributed by atoms with E-state index in [1.165, 1.54) is 29.1 Å². The summed E-state index contributed by atoms with van der Waals surface area (Å²) in [6, 6.07) is 13.5. The summed E-state index contributed by atoms with van der Waals surface area (Å²) in [7, 11) is 1.47. The van der Waals surface area contributed by atoms with Crippen molar-refractivity contribution < 1.29 is 9.13 Å². The minimum atomic E-state index is -0.413. The molecule has 0 unspecified atom stereocenters. The summed E-state index contributed by atoms with van der Waals surface area (Å²) < 4.78 is 20.3. The van der Waals surface area contributed by atoms with Crippen molar-refractivity contribution in [2.75, 3.05) is 24.3 Å². The van der Waals surface area contributed by atoms with Gasteiger partial charge in [-0.25, -0.2) is 4.39 Å². The normalized spacial score (nSPS) is 10.9. The Morgan fingerprint density at radius 3 is 2.60 bits per heavy atom. The van der Waals surface area contributed by atoms with E-state index in [4.69, 9.17) is 4.74 Å². The maximum absolute atomic E-state index is 15.0. The Morgan fingerprint density at radius 2 is 1.83 bits per heavy atom. The van der Waals surface area contributed by atoms with Crippen LogP contribution in [0.15, 0.2) is 61.1 Å². The molecule has 30 heavy (non-hydrogen) atoms. The fraction of sp³-hybridized carbons (Fsp3) is 0.208. The van der Waals surface area contributed by atoms with Crippen molar-refractivity contribution in [3.8, 4) is 5.75 Å². The Morgan fingerprint density at radius 1 is 1.03 bits per heavy atom. The van der Waals surface area contributed by atoms with Gasteiger partial charge in [0, 0.05) is 41.7 Å². The van der Waals surface area contributed by atoms with Crippen LogP contribution >= 0.6 is 0 Å². The number of aromatic nitrogens is 2. The van der Waals surface area contributed by atoms with Gasteiger partial charge in [-0.15, -0.1) is 0 Å². The predicted molar refractivity (Wildman–Crippen MR) is 120 cm³/mol. The first-order valence-electron chi connectivity index (χ1n) is 10.1. The van der Waals surface area contributed by atoms with Gasteiger partial charge in [-0.2, -0.15) is 0 Å². The molecule has 0 amide bonds. The van der Waals surface area contributed by atoms with E-state index in [-0.39, 0.29) is 5.75 Å². The number of aromatic amines is 1. The number of hydrogen-bond acceptors (Lipinski definition) is 4. The number of fused-ring (bicyclic) bond motifs is 1. The number of nitrogens with one attached hydrogen (secondary N) is 3. The number of anilines is 3. The number of aryl methyl sites for hydroxylation is 1. The lowest BCUT2D eigenvalue weighted by Crippen LogP contribution is -2.08. The number of halogens is 1. The third kappa shape index (κ3) is 3.94. The van der Waals surface area contributed by atoms with E-state index in [0.29, 0.717) is 17.9 Å². The van der Waals surface area contributed by atoms with Gasteiger partial charge in [0.05, 0.1) is 18.5 Å². The fourth-order valence-corrected chi connectivity index (χ4v) is 3.69. The van der Waals surface area contributed by atoms with Gasteiger partial charge in [0.1, 0.15) is 0 Å². The molecular weight excluding hydrogens is 379 g/mol. The predicted octanol–water partition coefficient (Wildman–Crippen LogP) is 5.67. The van der Waals surface area contributed by atoms with E-state index in [1.807, 2.05) is 24.4 Å². The molecule has 0 radical (unpaired) electrons. The van der Waals surface area contributed by atoms with E-state index >= 15 is 4.39 Å². The topological polar surface area (TPSA) is 62.0 Å². The van der Waals surface area contributed by atoms with Crippen LogP contribution in [-0.2, 0) is 12.8 Å². The number of hydrogen-bond donors (Lipinski definition) is 3. The molecule has 0 fully saturated rings. The van der Waals surface area contributed by atoms with Gasteiger partial charge < -0.3 is 20.4 Å². The molecule has 6 heteroatoms. The van der Waals surface area contributed by atoms with Gasteiger partial charge in [-0.1, -0.05) is 25.1 Å². The fourth-order valence-electron chi connectivity index (χ4n) is 3.69. The van der Waals surface area contributed by atoms with Crippen molar-refractivity contribution in [3.63, 3.8) is 0 Å². The number of pyridine rings is 1. The number of nitrogens with zero attached hydrogens (tertiary/aromatic N) is 1. The maximum Gasteiger partial charge on any atom is 0.190 e. The Hall–Kier alpha value is -3.54. The van der Waals surface area contributed by atoms with Crippen LogP contribution in [0.2, 0.25) is 0 Å². The SMILES string of the molecule is CCc1cccc2c(CCNc3ccc(Nc4ccncc4)c(OC)c3F)c[nH]c12. The van der Waals surface area contributed by atoms with Crippen molar-refractivity contribution in [2.45, 2.75) is 19.8 Å². The zero-order valence-corrected chi connectivity index (χ0v) is 17.1. The van der Waals surface area contributed by atoms with Gasteiger partial charge in [-0.05, 0) is 48.2 Å². The second kappa shape index (κ2) is 8.86. The third-order valence-corrected chi connectivity index (χ3v) is 5.24. The number of para-hydroxylation sites is 1. The number of H-pyrrole nitrogens is 1. The van der Waals surface area contributed by atoms with Crippen molar-refractivity contribution in [3.05, 3.63) is 78.0 Å². The first-order valence-corrected chi connectivity index (χ1v) is 10.1. The minimum absolute atomic E-state index is 0.177. The van der Waals surface area contributed by atoms with Gasteiger partial charge in [-0.3, -0.25) is 4.98 Å². The first-order chi connectivity index (χ1) is 14.7. The van der Waals surface area contributed by atoms with Crippen LogP contribution in [0.1, 0.15) is 18.1 Å². The summed E-state index contributed by atoms with van der Waals surface area (Å²) in [5, 5.41) is 7.60. The van der Waals surface area contributed by atoms with Crippen LogP contribution < -0.4 is 15.4 Å². The summed E-state index contributed by atoms with van der Waals surface area (Å²) in [6.07, 6.45) is 7.17. The van der Waals surface area contributed by atoms with Crippen LogP contribution in [0.3, 0.4) is 0 Å². The molecule has 2 aromatic heterocycles. The molecule has 0 atom stereocenters. The number of benzene rings is 2. The van der Waals surface area contributed by atoms with Crippen LogP contribution in [0.5, 0.6) is 5.75 Å². The average Bonchev–Trinajstić information content (AvgIpc) is 3.19. The molecule has 4 rings (SSSR count). The quantitative estimate of drug-likeness (QED) is 0.354. The van der Waals surface area contributed by atoms with Crippen LogP contribution in [0.4, 0.5) is 21.5 Å². The molecule has 154 valence electrons. The molecule has 0 aliphatic rings. The Labute approximate surface area is 175 Å². The summed E-state index contributed by atoms with van der Waals surface area (Å²) in [6.45, 7) is 2.76. The molecular formula is C24H25FN4O. The molecule has 2 aromatic carbocycles. The highest BCUT2D eigenvalue weighted by atomic mass is 19.1. The van der Waals surface area contributed by atoms with Crippen molar-refractivity contribution in [2.24, 2.45) is 0 Å². The molecule has 0 bridgehead atoms. The van der Waals surface area contributed by atoms with Crippen LogP contribution in [0, 0.1) is 5.82 Å². The standard InChI is InChI=1S/C24H25FN4O/c1-3-16-5-4-6-19-17(15-28-23(16)19)9-14-27-20-7-8-21(24(30-2)22(20)25)29-18-10-12-26-13-11-18/h4-8,10-13,15,27-28H,3,9,14H2,1-2H3,(H,26,29). The zero-order valence-electron chi connectivity index (χ0n) is 17.1. The smallest absolute Gasteiger partial charge is 0.190 e. The third-order valence-electron chi connectivity index (χ3n) is 5.24. The largest absolute Gasteiger partial charge is 0.492 e. The molecule has 3 N–H and O–H groups in total. The Bertz CT molecular complexity index is 1140. The Balaban J connectivity index is 1.47. The molecule has 0 saturated heterocycles. The molecule has 0 spiro atoms. The van der Waals surface area contributed by atoms with Gasteiger partial charge >= 0.3 is 0 Å². The summed E-state index contributed by atoms with van der Waals surface area (Å²) >= 11 is 0. The number of ether oxygens (including phenoxy) is 1. The lowest BCUT2D eigenvalue weighted by molar-refractivity contribution is 0.389. The number of rotatable bonds is 8. The number of methoxy groups -OCH3 is 1. The minimum Gasteiger partial charge on any atom is -0.492 e. The van der Waals surface area contributed by atoms with Gasteiger partial charge in [0.2, 0.25) is 0 Å². The van der Waals surface area contributed by atoms with E-state index in [2.05, 4.69) is 45.7 Å². The first kappa shape index (κ1) is 19.8. The van der Waals surface area contributed by atoms with Gasteiger partial charge in [0.25, 0.3) is 0 Å². The van der Waals surface area contributed by atoms with E-state index in [0.717, 1.165) is 18.5 Å². The van der Waals surface area contributed by atoms with E-state index in [1.54, 1.807) is 18.5 Å². The molecule has 2 heterocycles. The molecule has 4 aromatic rings. The van der Waals surface area contributed by atoms with Crippen molar-refractivity contribution in [1.82, 2.24) is 9.97 Å². The second-order valence-electron chi connectivity index (χ2n) is 7.05. The highest BCUT2D eigenvalue weighted by Crippen LogP contribution is 2.34. The van der Waals surface area contributed by atoms with Crippen molar-refractivity contribution in [1.29, 1.82) is 0 Å². The lowest BCUT2D eigenvalue weighted by atomic mass is 10.1. The Kier molecular flexibility index (Phi) is 5.84. The second-order valence-corrected chi connectivity index (χ2v) is 7.05. The van der Waals surface area contributed by atoms with Gasteiger partial charge in [0.15, 0.2) is 11.6 Å². The zero-order chi connectivity index (χ0) is 20.9. The highest BCUT2D eigenvalue weighted by molar-refractivity contribution is 5.86. The molecule has 0 saturated carbocycles. The maximum atomic E-state index is 15.0. The highest BCUT2D eigenvalue weighted by Gasteiger charge is 2.15. The van der Waals surface area contributed by atoms with E-state index < -0.39 is 5.82 Å². The van der Waals surface area contributed by atoms with Crippen LogP contribution in [0.25, 0.3) is 10.9 Å². The summed E-state index contributed by atoms with van der Waals surface area (Å²) in [5.41, 5.74) is 5.51. The summed E-state index contributed by atoms with van der Waals surface area (Å²) in [4.78, 5) is 7.37. The lowest BCUT2D eigenvalue weighted by Gasteiger charge is -2.15. The van der Waals surface area contributed by atoms with E-state index in [9.17, 15) is 0 Å².